The maximum atomic E-state index is 12.1. The lowest BCUT2D eigenvalue weighted by atomic mass is 10.2. The topological polar surface area (TPSA) is 70.1 Å². The number of benzene rings is 1. The van der Waals surface area contributed by atoms with E-state index in [2.05, 4.69) is 4.98 Å². The lowest BCUT2D eigenvalue weighted by Gasteiger charge is -2.18. The number of aromatic nitrogens is 2. The molecule has 106 valence electrons. The summed E-state index contributed by atoms with van der Waals surface area (Å²) in [5.74, 6) is 1.19. The van der Waals surface area contributed by atoms with E-state index in [-0.39, 0.29) is 12.0 Å². The summed E-state index contributed by atoms with van der Waals surface area (Å²) >= 11 is 0. The van der Waals surface area contributed by atoms with Gasteiger partial charge in [-0.1, -0.05) is 13.0 Å². The van der Waals surface area contributed by atoms with E-state index < -0.39 is 0 Å². The highest BCUT2D eigenvalue weighted by Gasteiger charge is 2.34. The van der Waals surface area contributed by atoms with Gasteiger partial charge in [0.1, 0.15) is 17.4 Å². The van der Waals surface area contributed by atoms with Crippen LogP contribution in [0.3, 0.4) is 0 Å². The van der Waals surface area contributed by atoms with Crippen LogP contribution in [0, 0.1) is 0 Å². The zero-order valence-corrected chi connectivity index (χ0v) is 11.8. The molecule has 20 heavy (non-hydrogen) atoms. The van der Waals surface area contributed by atoms with Gasteiger partial charge in [0.25, 0.3) is 0 Å². The molecule has 5 nitrogen and oxygen atoms in total. The van der Waals surface area contributed by atoms with Crippen LogP contribution in [0.4, 0.5) is 5.69 Å². The molecule has 1 atom stereocenters. The SMILES string of the molecule is CCC(C(=O)OC)n1c(C2CC2)nc2c(N)cccc21. The molecule has 0 saturated heterocycles. The molecule has 0 aliphatic heterocycles. The van der Waals surface area contributed by atoms with E-state index in [1.54, 1.807) is 0 Å². The quantitative estimate of drug-likeness (QED) is 0.686. The predicted octanol–water partition coefficient (Wildman–Crippen LogP) is 2.62. The first-order chi connectivity index (χ1) is 9.67. The van der Waals surface area contributed by atoms with Crippen molar-refractivity contribution in [1.82, 2.24) is 9.55 Å². The summed E-state index contributed by atoms with van der Waals surface area (Å²) in [5.41, 5.74) is 8.38. The van der Waals surface area contributed by atoms with Crippen molar-refractivity contribution in [2.75, 3.05) is 12.8 Å². The minimum atomic E-state index is -0.331. The van der Waals surface area contributed by atoms with Crippen molar-refractivity contribution in [2.24, 2.45) is 0 Å². The Balaban J connectivity index is 2.23. The molecule has 1 aliphatic carbocycles. The highest BCUT2D eigenvalue weighted by atomic mass is 16.5. The molecule has 1 heterocycles. The fourth-order valence-corrected chi connectivity index (χ4v) is 2.70. The van der Waals surface area contributed by atoms with Crippen molar-refractivity contribution in [3.8, 4) is 0 Å². The molecule has 1 fully saturated rings. The number of para-hydroxylation sites is 1. The molecule has 5 heteroatoms. The zero-order chi connectivity index (χ0) is 14.3. The highest BCUT2D eigenvalue weighted by Crippen LogP contribution is 2.42. The summed E-state index contributed by atoms with van der Waals surface area (Å²) in [6, 6.07) is 5.38. The molecule has 1 saturated carbocycles. The Morgan fingerprint density at radius 1 is 1.55 bits per heavy atom. The van der Waals surface area contributed by atoms with E-state index in [1.165, 1.54) is 7.11 Å². The standard InChI is InChI=1S/C15H19N3O2/c1-3-11(15(19)20-2)18-12-6-4-5-10(16)13(12)17-14(18)9-7-8-9/h4-6,9,11H,3,7-8,16H2,1-2H3. The third kappa shape index (κ3) is 1.94. The molecule has 2 N–H and O–H groups in total. The molecule has 1 aromatic heterocycles. The van der Waals surface area contributed by atoms with Crippen molar-refractivity contribution < 1.29 is 9.53 Å². The average molecular weight is 273 g/mol. The van der Waals surface area contributed by atoms with Crippen LogP contribution >= 0.6 is 0 Å². The number of ether oxygens (including phenoxy) is 1. The zero-order valence-electron chi connectivity index (χ0n) is 11.8. The van der Waals surface area contributed by atoms with Crippen LogP contribution in [-0.4, -0.2) is 22.6 Å². The number of nitrogen functional groups attached to an aromatic ring is 1. The third-order valence-electron chi connectivity index (χ3n) is 3.89. The fourth-order valence-electron chi connectivity index (χ4n) is 2.70. The van der Waals surface area contributed by atoms with Gasteiger partial charge < -0.3 is 15.0 Å². The van der Waals surface area contributed by atoms with Crippen molar-refractivity contribution in [2.45, 2.75) is 38.1 Å². The lowest BCUT2D eigenvalue weighted by molar-refractivity contribution is -0.144. The lowest BCUT2D eigenvalue weighted by Crippen LogP contribution is -2.21. The second-order valence-electron chi connectivity index (χ2n) is 5.28. The molecule has 1 aromatic carbocycles. The first-order valence-electron chi connectivity index (χ1n) is 7.01. The number of anilines is 1. The van der Waals surface area contributed by atoms with Gasteiger partial charge in [0.2, 0.25) is 0 Å². The molecule has 2 aromatic rings. The summed E-state index contributed by atoms with van der Waals surface area (Å²) in [6.07, 6.45) is 2.92. The van der Waals surface area contributed by atoms with Gasteiger partial charge in [-0.25, -0.2) is 9.78 Å². The van der Waals surface area contributed by atoms with Gasteiger partial charge in [-0.2, -0.15) is 0 Å². The molecule has 1 aliphatic rings. The van der Waals surface area contributed by atoms with Crippen molar-refractivity contribution in [3.63, 3.8) is 0 Å². The molecular formula is C15H19N3O2. The third-order valence-corrected chi connectivity index (χ3v) is 3.89. The smallest absolute Gasteiger partial charge is 0.328 e. The van der Waals surface area contributed by atoms with Gasteiger partial charge in [0, 0.05) is 5.92 Å². The molecule has 0 bridgehead atoms. The van der Waals surface area contributed by atoms with E-state index in [1.807, 2.05) is 29.7 Å². The van der Waals surface area contributed by atoms with E-state index in [9.17, 15) is 4.79 Å². The Bertz CT molecular complexity index is 658. The maximum absolute atomic E-state index is 12.1. The van der Waals surface area contributed by atoms with E-state index >= 15 is 0 Å². The van der Waals surface area contributed by atoms with Crippen LogP contribution in [0.5, 0.6) is 0 Å². The van der Waals surface area contributed by atoms with Gasteiger partial charge in [0.15, 0.2) is 0 Å². The summed E-state index contributed by atoms with van der Waals surface area (Å²) in [4.78, 5) is 16.8. The van der Waals surface area contributed by atoms with Crippen LogP contribution < -0.4 is 5.73 Å². The Labute approximate surface area is 117 Å². The largest absolute Gasteiger partial charge is 0.467 e. The van der Waals surface area contributed by atoms with Crippen LogP contribution in [-0.2, 0) is 9.53 Å². The molecule has 0 radical (unpaired) electrons. The van der Waals surface area contributed by atoms with Crippen LogP contribution in [0.15, 0.2) is 18.2 Å². The molecular weight excluding hydrogens is 254 g/mol. The summed E-state index contributed by atoms with van der Waals surface area (Å²) in [7, 11) is 1.43. The molecule has 0 spiro atoms. The van der Waals surface area contributed by atoms with E-state index in [0.717, 1.165) is 29.7 Å². The fraction of sp³-hybridized carbons (Fsp3) is 0.467. The van der Waals surface area contributed by atoms with Crippen LogP contribution in [0.2, 0.25) is 0 Å². The van der Waals surface area contributed by atoms with Crippen LogP contribution in [0.25, 0.3) is 11.0 Å². The van der Waals surface area contributed by atoms with Gasteiger partial charge >= 0.3 is 5.97 Å². The minimum Gasteiger partial charge on any atom is -0.467 e. The second kappa shape index (κ2) is 4.81. The number of carbonyl (C=O) groups excluding carboxylic acids is 1. The summed E-state index contributed by atoms with van der Waals surface area (Å²) in [6.45, 7) is 1.98. The number of nitrogens with zero attached hydrogens (tertiary/aromatic N) is 2. The number of esters is 1. The first-order valence-corrected chi connectivity index (χ1v) is 7.01. The summed E-state index contributed by atoms with van der Waals surface area (Å²) in [5, 5.41) is 0. The number of hydrogen-bond acceptors (Lipinski definition) is 4. The molecule has 3 rings (SSSR count). The van der Waals surface area contributed by atoms with Crippen molar-refractivity contribution in [3.05, 3.63) is 24.0 Å². The highest BCUT2D eigenvalue weighted by molar-refractivity contribution is 5.89. The monoisotopic (exact) mass is 273 g/mol. The van der Waals surface area contributed by atoms with Gasteiger partial charge in [0.05, 0.1) is 18.3 Å². The van der Waals surface area contributed by atoms with Crippen molar-refractivity contribution in [1.29, 1.82) is 0 Å². The van der Waals surface area contributed by atoms with Crippen molar-refractivity contribution >= 4 is 22.7 Å². The Morgan fingerprint density at radius 2 is 2.30 bits per heavy atom. The number of carbonyl (C=O) groups is 1. The van der Waals surface area contributed by atoms with E-state index in [0.29, 0.717) is 18.0 Å². The average Bonchev–Trinajstić information content (AvgIpc) is 3.23. The Kier molecular flexibility index (Phi) is 3.12. The predicted molar refractivity (Wildman–Crippen MR) is 77.5 cm³/mol. The van der Waals surface area contributed by atoms with Gasteiger partial charge in [-0.05, 0) is 31.4 Å². The second-order valence-corrected chi connectivity index (χ2v) is 5.28. The maximum Gasteiger partial charge on any atom is 0.328 e. The number of hydrogen-bond donors (Lipinski definition) is 1. The molecule has 1 unspecified atom stereocenters. The normalized spacial score (nSPS) is 16.3. The summed E-state index contributed by atoms with van der Waals surface area (Å²) < 4.78 is 6.97. The Morgan fingerprint density at radius 3 is 2.90 bits per heavy atom. The number of methoxy groups -OCH3 is 1. The van der Waals surface area contributed by atoms with E-state index in [4.69, 9.17) is 10.5 Å². The Hall–Kier alpha value is -2.04. The number of fused-ring (bicyclic) bond motifs is 1. The molecule has 0 amide bonds. The number of imidazole rings is 1. The van der Waals surface area contributed by atoms with Gasteiger partial charge in [-0.15, -0.1) is 0 Å². The number of nitrogens with two attached hydrogens (primary N) is 1. The minimum absolute atomic E-state index is 0.226. The number of rotatable bonds is 4. The first kappa shape index (κ1) is 13.0. The van der Waals surface area contributed by atoms with Gasteiger partial charge in [-0.3, -0.25) is 0 Å². The van der Waals surface area contributed by atoms with Crippen LogP contribution in [0.1, 0.15) is 44.0 Å².